The van der Waals surface area contributed by atoms with Crippen LogP contribution in [0.3, 0.4) is 0 Å². The number of halogens is 1. The van der Waals surface area contributed by atoms with Crippen molar-refractivity contribution in [2.75, 3.05) is 20.2 Å². The lowest BCUT2D eigenvalue weighted by molar-refractivity contribution is 0.409. The number of para-hydroxylation sites is 1. The van der Waals surface area contributed by atoms with Crippen molar-refractivity contribution in [3.63, 3.8) is 0 Å². The van der Waals surface area contributed by atoms with Crippen LogP contribution < -0.4 is 15.4 Å². The molecule has 162 valence electrons. The van der Waals surface area contributed by atoms with Crippen molar-refractivity contribution < 1.29 is 4.74 Å². The minimum atomic E-state index is 0. The quantitative estimate of drug-likeness (QED) is 0.248. The van der Waals surface area contributed by atoms with Gasteiger partial charge in [-0.15, -0.1) is 45.5 Å². The van der Waals surface area contributed by atoms with Crippen LogP contribution in [-0.4, -0.2) is 40.9 Å². The Bertz CT molecular complexity index is 925. The van der Waals surface area contributed by atoms with E-state index in [4.69, 9.17) is 9.73 Å². The van der Waals surface area contributed by atoms with Crippen LogP contribution in [0.5, 0.6) is 5.75 Å². The van der Waals surface area contributed by atoms with E-state index in [2.05, 4.69) is 44.4 Å². The molecule has 2 aromatic heterocycles. The molecule has 0 aliphatic heterocycles. The predicted molar refractivity (Wildman–Crippen MR) is 133 cm³/mol. The van der Waals surface area contributed by atoms with Gasteiger partial charge in [0, 0.05) is 25.0 Å². The molecule has 0 spiro atoms. The van der Waals surface area contributed by atoms with Gasteiger partial charge in [0.05, 0.1) is 7.11 Å². The highest BCUT2D eigenvalue weighted by Crippen LogP contribution is 2.17. The molecule has 0 saturated carbocycles. The van der Waals surface area contributed by atoms with Gasteiger partial charge in [0.1, 0.15) is 18.1 Å². The molecule has 1 aromatic carbocycles. The fraction of sp³-hybridized carbons (Fsp3) is 0.381. The number of aromatic nitrogens is 3. The SMILES string of the molecule is COc1ccccc1CCNC(=NCc1nnc(C)n1C)NCCc1cccs1.I. The van der Waals surface area contributed by atoms with Crippen molar-refractivity contribution >= 4 is 41.3 Å². The zero-order valence-electron chi connectivity index (χ0n) is 17.6. The summed E-state index contributed by atoms with van der Waals surface area (Å²) in [5, 5.41) is 17.3. The number of aryl methyl sites for hydroxylation is 1. The van der Waals surface area contributed by atoms with Gasteiger partial charge < -0.3 is 19.9 Å². The van der Waals surface area contributed by atoms with E-state index in [9.17, 15) is 0 Å². The van der Waals surface area contributed by atoms with Crippen molar-refractivity contribution in [1.82, 2.24) is 25.4 Å². The molecule has 0 aliphatic carbocycles. The minimum absolute atomic E-state index is 0. The van der Waals surface area contributed by atoms with Crippen LogP contribution in [0.1, 0.15) is 22.1 Å². The molecule has 3 rings (SSSR count). The van der Waals surface area contributed by atoms with Crippen molar-refractivity contribution in [3.05, 3.63) is 63.9 Å². The number of rotatable bonds is 9. The zero-order chi connectivity index (χ0) is 20.5. The van der Waals surface area contributed by atoms with Crippen molar-refractivity contribution in [1.29, 1.82) is 0 Å². The topological polar surface area (TPSA) is 76.4 Å². The molecule has 3 aromatic rings. The van der Waals surface area contributed by atoms with E-state index in [1.54, 1.807) is 18.4 Å². The van der Waals surface area contributed by atoms with E-state index in [0.717, 1.165) is 49.3 Å². The molecule has 9 heteroatoms. The molecule has 0 amide bonds. The molecule has 2 heterocycles. The van der Waals surface area contributed by atoms with Crippen LogP contribution in [0.25, 0.3) is 0 Å². The van der Waals surface area contributed by atoms with Gasteiger partial charge in [-0.2, -0.15) is 0 Å². The van der Waals surface area contributed by atoms with E-state index in [1.165, 1.54) is 10.4 Å². The lowest BCUT2D eigenvalue weighted by atomic mass is 10.1. The molecule has 7 nitrogen and oxygen atoms in total. The first-order valence-electron chi connectivity index (χ1n) is 9.68. The Morgan fingerprint density at radius 1 is 1.10 bits per heavy atom. The Kier molecular flexibility index (Phi) is 10.1. The summed E-state index contributed by atoms with van der Waals surface area (Å²) < 4.78 is 7.40. The largest absolute Gasteiger partial charge is 0.496 e. The predicted octanol–water partition coefficient (Wildman–Crippen LogP) is 3.33. The van der Waals surface area contributed by atoms with Gasteiger partial charge in [-0.05, 0) is 42.8 Å². The highest BCUT2D eigenvalue weighted by molar-refractivity contribution is 14.0. The molecule has 0 aliphatic rings. The van der Waals surface area contributed by atoms with E-state index in [-0.39, 0.29) is 24.0 Å². The van der Waals surface area contributed by atoms with Gasteiger partial charge in [-0.1, -0.05) is 24.3 Å². The van der Waals surface area contributed by atoms with Gasteiger partial charge in [0.25, 0.3) is 0 Å². The Morgan fingerprint density at radius 3 is 2.53 bits per heavy atom. The smallest absolute Gasteiger partial charge is 0.191 e. The number of nitrogens with one attached hydrogen (secondary N) is 2. The maximum Gasteiger partial charge on any atom is 0.191 e. The first-order valence-corrected chi connectivity index (χ1v) is 10.6. The molecule has 0 bridgehead atoms. The Morgan fingerprint density at radius 2 is 1.87 bits per heavy atom. The number of nitrogens with zero attached hydrogens (tertiary/aromatic N) is 4. The Hall–Kier alpha value is -2.14. The van der Waals surface area contributed by atoms with Crippen molar-refractivity contribution in [2.24, 2.45) is 12.0 Å². The molecular weight excluding hydrogens is 511 g/mol. The van der Waals surface area contributed by atoms with Crippen LogP contribution in [0, 0.1) is 6.92 Å². The van der Waals surface area contributed by atoms with E-state index in [0.29, 0.717) is 6.54 Å². The molecule has 0 fully saturated rings. The fourth-order valence-electron chi connectivity index (χ4n) is 2.90. The standard InChI is InChI=1S/C21H28N6OS.HI/c1-16-25-26-20(27(16)2)15-24-21(23-13-11-18-8-6-14-29-18)22-12-10-17-7-4-5-9-19(17)28-3;/h4-9,14H,10-13,15H2,1-3H3,(H2,22,23,24);1H. The Labute approximate surface area is 199 Å². The summed E-state index contributed by atoms with van der Waals surface area (Å²) in [6.45, 7) is 3.98. The Balaban J connectivity index is 0.00000320. The average molecular weight is 540 g/mol. The van der Waals surface area contributed by atoms with Crippen molar-refractivity contribution in [2.45, 2.75) is 26.3 Å². The second kappa shape index (κ2) is 12.5. The van der Waals surface area contributed by atoms with Crippen LogP contribution in [0.15, 0.2) is 46.8 Å². The molecule has 2 N–H and O–H groups in total. The summed E-state index contributed by atoms with van der Waals surface area (Å²) in [4.78, 5) is 6.06. The summed E-state index contributed by atoms with van der Waals surface area (Å²) in [7, 11) is 3.66. The molecule has 0 saturated heterocycles. The normalized spacial score (nSPS) is 11.1. The number of aliphatic imine (C=N–C) groups is 1. The average Bonchev–Trinajstić information content (AvgIpc) is 3.37. The maximum atomic E-state index is 5.44. The summed E-state index contributed by atoms with van der Waals surface area (Å²) >= 11 is 1.77. The third-order valence-electron chi connectivity index (χ3n) is 4.68. The highest BCUT2D eigenvalue weighted by atomic mass is 127. The number of thiophene rings is 1. The number of guanidine groups is 1. The highest BCUT2D eigenvalue weighted by Gasteiger charge is 2.06. The van der Waals surface area contributed by atoms with Crippen LogP contribution in [0.2, 0.25) is 0 Å². The van der Waals surface area contributed by atoms with E-state index >= 15 is 0 Å². The number of methoxy groups -OCH3 is 1. The van der Waals surface area contributed by atoms with E-state index < -0.39 is 0 Å². The first-order chi connectivity index (χ1) is 14.2. The van der Waals surface area contributed by atoms with Crippen LogP contribution in [0.4, 0.5) is 0 Å². The second-order valence-corrected chi connectivity index (χ2v) is 7.66. The van der Waals surface area contributed by atoms with Gasteiger partial charge in [0.15, 0.2) is 11.8 Å². The molecule has 30 heavy (non-hydrogen) atoms. The summed E-state index contributed by atoms with van der Waals surface area (Å²) in [6.07, 6.45) is 1.81. The lowest BCUT2D eigenvalue weighted by Gasteiger charge is -2.13. The number of benzene rings is 1. The van der Waals surface area contributed by atoms with Gasteiger partial charge in [-0.3, -0.25) is 0 Å². The summed E-state index contributed by atoms with van der Waals surface area (Å²) in [6, 6.07) is 12.3. The molecule has 0 unspecified atom stereocenters. The molecular formula is C21H29IN6OS. The second-order valence-electron chi connectivity index (χ2n) is 6.63. The van der Waals surface area contributed by atoms with Gasteiger partial charge >= 0.3 is 0 Å². The fourth-order valence-corrected chi connectivity index (χ4v) is 3.61. The third-order valence-corrected chi connectivity index (χ3v) is 5.62. The lowest BCUT2D eigenvalue weighted by Crippen LogP contribution is -2.39. The summed E-state index contributed by atoms with van der Waals surface area (Å²) in [5.74, 6) is 3.41. The monoisotopic (exact) mass is 540 g/mol. The van der Waals surface area contributed by atoms with Crippen LogP contribution >= 0.6 is 35.3 Å². The van der Waals surface area contributed by atoms with Crippen molar-refractivity contribution in [3.8, 4) is 5.75 Å². The van der Waals surface area contributed by atoms with E-state index in [1.807, 2.05) is 36.7 Å². The zero-order valence-corrected chi connectivity index (χ0v) is 20.7. The maximum absolute atomic E-state index is 5.44. The number of hydrogen-bond donors (Lipinski definition) is 2. The first kappa shape index (κ1) is 24.1. The minimum Gasteiger partial charge on any atom is -0.496 e. The summed E-state index contributed by atoms with van der Waals surface area (Å²) in [5.41, 5.74) is 1.17. The number of hydrogen-bond acceptors (Lipinski definition) is 5. The van der Waals surface area contributed by atoms with Gasteiger partial charge in [0.2, 0.25) is 0 Å². The van der Waals surface area contributed by atoms with Gasteiger partial charge in [-0.25, -0.2) is 4.99 Å². The van der Waals surface area contributed by atoms with Crippen LogP contribution in [-0.2, 0) is 26.4 Å². The third kappa shape index (κ3) is 6.98. The number of ether oxygens (including phenoxy) is 1. The molecule has 0 radical (unpaired) electrons. The molecule has 0 atom stereocenters.